The molecule has 0 unspecified atom stereocenters. The first kappa shape index (κ1) is 23.8. The Kier molecular flexibility index (Phi) is 8.35. The van der Waals surface area contributed by atoms with E-state index in [1.807, 2.05) is 6.07 Å². The highest BCUT2D eigenvalue weighted by molar-refractivity contribution is 9.10. The van der Waals surface area contributed by atoms with Crippen molar-refractivity contribution in [3.63, 3.8) is 0 Å². The van der Waals surface area contributed by atoms with E-state index in [1.54, 1.807) is 42.5 Å². The van der Waals surface area contributed by atoms with E-state index in [1.165, 1.54) is 4.31 Å². The van der Waals surface area contributed by atoms with E-state index in [0.29, 0.717) is 37.6 Å². The van der Waals surface area contributed by atoms with Crippen LogP contribution in [0.4, 0.5) is 0 Å². The van der Waals surface area contributed by atoms with Gasteiger partial charge in [-0.05, 0) is 30.3 Å². The van der Waals surface area contributed by atoms with Crippen LogP contribution in [0.2, 0.25) is 0 Å². The van der Waals surface area contributed by atoms with Crippen molar-refractivity contribution >= 4 is 37.9 Å². The summed E-state index contributed by atoms with van der Waals surface area (Å²) in [5.41, 5.74) is 0.837. The second-order valence-corrected chi connectivity index (χ2v) is 9.23. The molecule has 0 saturated carbocycles. The van der Waals surface area contributed by atoms with Crippen molar-refractivity contribution in [2.75, 3.05) is 26.2 Å². The van der Waals surface area contributed by atoms with Crippen LogP contribution in [0.3, 0.4) is 0 Å². The quantitative estimate of drug-likeness (QED) is 0.540. The molecule has 0 aliphatic carbocycles. The molecule has 1 aliphatic rings. The van der Waals surface area contributed by atoms with Crippen molar-refractivity contribution < 1.29 is 33.3 Å². The molecule has 0 aromatic heterocycles. The van der Waals surface area contributed by atoms with Crippen molar-refractivity contribution in [3.05, 3.63) is 58.6 Å². The van der Waals surface area contributed by atoms with Crippen molar-refractivity contribution in [2.45, 2.75) is 11.4 Å². The number of sulfonamides is 1. The van der Waals surface area contributed by atoms with Gasteiger partial charge < -0.3 is 15.3 Å². The predicted molar refractivity (Wildman–Crippen MR) is 112 cm³/mol. The Morgan fingerprint density at radius 3 is 2.03 bits per heavy atom. The maximum Gasteiger partial charge on any atom is 0.414 e. The Hall–Kier alpha value is -2.47. The number of piperazine rings is 1. The molecule has 1 saturated heterocycles. The number of nitrogens with zero attached hydrogens (tertiary/aromatic N) is 2. The molecule has 0 atom stereocenters. The number of rotatable bonds is 4. The number of hydrogen-bond acceptors (Lipinski definition) is 6. The van der Waals surface area contributed by atoms with E-state index >= 15 is 0 Å². The maximum atomic E-state index is 12.6. The lowest BCUT2D eigenvalue weighted by Crippen LogP contribution is -2.48. The summed E-state index contributed by atoms with van der Waals surface area (Å²) >= 11 is 3.41. The smallest absolute Gasteiger partial charge is 0.414 e. The molecule has 3 rings (SSSR count). The molecule has 2 aromatic carbocycles. The van der Waals surface area contributed by atoms with Crippen LogP contribution in [0, 0.1) is 0 Å². The molecule has 3 N–H and O–H groups in total. The van der Waals surface area contributed by atoms with E-state index in [2.05, 4.69) is 20.8 Å². The largest absolute Gasteiger partial charge is 0.508 e. The van der Waals surface area contributed by atoms with Gasteiger partial charge in [-0.15, -0.1) is 0 Å². The number of carbonyl (C=O) groups is 2. The first-order valence-electron chi connectivity index (χ1n) is 8.82. The fraction of sp³-hybridized carbons (Fsp3) is 0.263. The Morgan fingerprint density at radius 1 is 0.933 bits per heavy atom. The maximum absolute atomic E-state index is 12.6. The minimum Gasteiger partial charge on any atom is -0.508 e. The van der Waals surface area contributed by atoms with Gasteiger partial charge in [-0.3, -0.25) is 4.90 Å². The highest BCUT2D eigenvalue weighted by Gasteiger charge is 2.28. The van der Waals surface area contributed by atoms with Gasteiger partial charge in [-0.25, -0.2) is 18.0 Å². The van der Waals surface area contributed by atoms with Crippen molar-refractivity contribution in [1.82, 2.24) is 9.21 Å². The van der Waals surface area contributed by atoms with Gasteiger partial charge in [-0.2, -0.15) is 4.31 Å². The molecule has 2 aromatic rings. The zero-order valence-corrected chi connectivity index (χ0v) is 18.2. The molecule has 0 bridgehead atoms. The van der Waals surface area contributed by atoms with Gasteiger partial charge in [0.1, 0.15) is 5.75 Å². The topological polar surface area (TPSA) is 135 Å². The molecule has 0 amide bonds. The lowest BCUT2D eigenvalue weighted by Gasteiger charge is -2.34. The number of carboxylic acids is 2. The van der Waals surface area contributed by atoms with Gasteiger partial charge in [-0.1, -0.05) is 34.1 Å². The third-order valence-electron chi connectivity index (χ3n) is 4.33. The highest BCUT2D eigenvalue weighted by Crippen LogP contribution is 2.24. The lowest BCUT2D eigenvalue weighted by molar-refractivity contribution is -0.159. The van der Waals surface area contributed by atoms with Crippen LogP contribution in [0.25, 0.3) is 0 Å². The van der Waals surface area contributed by atoms with E-state index in [4.69, 9.17) is 19.8 Å². The van der Waals surface area contributed by atoms with Gasteiger partial charge in [0.15, 0.2) is 0 Å². The van der Waals surface area contributed by atoms with E-state index in [-0.39, 0.29) is 5.75 Å². The standard InChI is InChI=1S/C17H19BrN2O3S.C2H2O4/c18-15-6-7-17(21)14(12-15)13-19-8-10-20(11-9-19)24(22,23)16-4-2-1-3-5-16;3-1(4)2(5)6/h1-7,12,21H,8-11,13H2;(H,3,4)(H,5,6). The summed E-state index contributed by atoms with van der Waals surface area (Å²) in [5, 5.41) is 24.7. The zero-order chi connectivity index (χ0) is 22.3. The van der Waals surface area contributed by atoms with E-state index in [9.17, 15) is 13.5 Å². The summed E-state index contributed by atoms with van der Waals surface area (Å²) < 4.78 is 27.7. The normalized spacial score (nSPS) is 15.1. The van der Waals surface area contributed by atoms with Crippen LogP contribution in [0.1, 0.15) is 5.56 Å². The summed E-state index contributed by atoms with van der Waals surface area (Å²) in [4.78, 5) is 20.7. The predicted octanol–water partition coefficient (Wildman–Crippen LogP) is 1.82. The molecule has 30 heavy (non-hydrogen) atoms. The summed E-state index contributed by atoms with van der Waals surface area (Å²) in [6.07, 6.45) is 0. The van der Waals surface area contributed by atoms with Crippen molar-refractivity contribution in [2.24, 2.45) is 0 Å². The fourth-order valence-electron chi connectivity index (χ4n) is 2.79. The van der Waals surface area contributed by atoms with Crippen molar-refractivity contribution in [3.8, 4) is 5.75 Å². The number of benzene rings is 2. The zero-order valence-electron chi connectivity index (χ0n) is 15.8. The average Bonchev–Trinajstić information content (AvgIpc) is 2.72. The molecule has 11 heteroatoms. The summed E-state index contributed by atoms with van der Waals surface area (Å²) in [7, 11) is -3.42. The molecule has 9 nitrogen and oxygen atoms in total. The lowest BCUT2D eigenvalue weighted by atomic mass is 10.2. The van der Waals surface area contributed by atoms with Crippen LogP contribution in [-0.2, 0) is 26.2 Å². The summed E-state index contributed by atoms with van der Waals surface area (Å²) in [6, 6.07) is 13.9. The molecular formula is C19H21BrN2O7S. The molecule has 0 radical (unpaired) electrons. The second kappa shape index (κ2) is 10.5. The molecule has 162 valence electrons. The summed E-state index contributed by atoms with van der Waals surface area (Å²) in [6.45, 7) is 2.78. The fourth-order valence-corrected chi connectivity index (χ4v) is 4.64. The van der Waals surface area contributed by atoms with Crippen molar-refractivity contribution in [1.29, 1.82) is 0 Å². The number of phenols is 1. The Morgan fingerprint density at radius 2 is 1.50 bits per heavy atom. The number of carboxylic acid groups (broad SMARTS) is 2. The minimum absolute atomic E-state index is 0.262. The van der Waals surface area contributed by atoms with E-state index < -0.39 is 22.0 Å². The average molecular weight is 501 g/mol. The Bertz CT molecular complexity index is 979. The first-order valence-corrected chi connectivity index (χ1v) is 11.1. The van der Waals surface area contributed by atoms with E-state index in [0.717, 1.165) is 10.0 Å². The highest BCUT2D eigenvalue weighted by atomic mass is 79.9. The van der Waals surface area contributed by atoms with Gasteiger partial charge in [0.05, 0.1) is 4.90 Å². The third-order valence-corrected chi connectivity index (χ3v) is 6.74. The monoisotopic (exact) mass is 500 g/mol. The Labute approximate surface area is 182 Å². The van der Waals surface area contributed by atoms with Crippen LogP contribution in [0.5, 0.6) is 5.75 Å². The molecule has 1 heterocycles. The van der Waals surface area contributed by atoms with Crippen LogP contribution in [0.15, 0.2) is 57.9 Å². The second-order valence-electron chi connectivity index (χ2n) is 6.38. The van der Waals surface area contributed by atoms with Gasteiger partial charge in [0.25, 0.3) is 0 Å². The number of halogens is 1. The first-order chi connectivity index (χ1) is 14.1. The summed E-state index contributed by atoms with van der Waals surface area (Å²) in [5.74, 6) is -3.39. The molecular weight excluding hydrogens is 480 g/mol. The van der Waals surface area contributed by atoms with Gasteiger partial charge in [0, 0.05) is 42.8 Å². The number of hydrogen-bond donors (Lipinski definition) is 3. The van der Waals surface area contributed by atoms with Crippen LogP contribution in [-0.4, -0.2) is 71.1 Å². The molecule has 1 aliphatic heterocycles. The minimum atomic E-state index is -3.42. The Balaban J connectivity index is 0.000000469. The van der Waals surface area contributed by atoms with Crippen LogP contribution >= 0.6 is 15.9 Å². The molecule has 1 fully saturated rings. The third kappa shape index (κ3) is 6.52. The SMILES string of the molecule is O=C(O)C(=O)O.O=S(=O)(c1ccccc1)N1CCN(Cc2cc(Br)ccc2O)CC1. The van der Waals surface area contributed by atoms with Crippen LogP contribution < -0.4 is 0 Å². The van der Waals surface area contributed by atoms with Gasteiger partial charge in [0.2, 0.25) is 10.0 Å². The number of phenolic OH excluding ortho intramolecular Hbond substituents is 1. The number of aliphatic carboxylic acids is 2. The number of aromatic hydroxyl groups is 1. The van der Waals surface area contributed by atoms with Gasteiger partial charge >= 0.3 is 11.9 Å². The molecule has 0 spiro atoms.